The fourth-order valence-electron chi connectivity index (χ4n) is 2.07. The lowest BCUT2D eigenvalue weighted by Gasteiger charge is -1.97. The van der Waals surface area contributed by atoms with Crippen molar-refractivity contribution in [3.8, 4) is 0 Å². The van der Waals surface area contributed by atoms with Crippen LogP contribution in [0.4, 0.5) is 5.69 Å². The van der Waals surface area contributed by atoms with E-state index in [0.29, 0.717) is 5.69 Å². The van der Waals surface area contributed by atoms with E-state index >= 15 is 0 Å². The molecule has 0 amide bonds. The summed E-state index contributed by atoms with van der Waals surface area (Å²) in [5.74, 6) is 0. The maximum absolute atomic E-state index is 11.5. The van der Waals surface area contributed by atoms with Crippen molar-refractivity contribution in [2.24, 2.45) is 7.05 Å². The van der Waals surface area contributed by atoms with Crippen LogP contribution in [0.2, 0.25) is 0 Å². The Morgan fingerprint density at radius 3 is 2.82 bits per heavy atom. The summed E-state index contributed by atoms with van der Waals surface area (Å²) in [4.78, 5) is 18.1. The summed E-state index contributed by atoms with van der Waals surface area (Å²) >= 11 is 0. The van der Waals surface area contributed by atoms with E-state index in [1.807, 2.05) is 12.1 Å². The molecule has 0 atom stereocenters. The highest BCUT2D eigenvalue weighted by Gasteiger charge is 2.07. The van der Waals surface area contributed by atoms with Gasteiger partial charge in [-0.1, -0.05) is 6.07 Å². The van der Waals surface area contributed by atoms with Gasteiger partial charge in [-0.2, -0.15) is 0 Å². The smallest absolute Gasteiger partial charge is 0.251 e. The lowest BCUT2D eigenvalue weighted by atomic mass is 10.2. The number of aromatic nitrogens is 2. The van der Waals surface area contributed by atoms with E-state index < -0.39 is 0 Å². The molecule has 1 aromatic carbocycles. The number of nitrogens with one attached hydrogen (secondary N) is 1. The number of hydrogen-bond donors (Lipinski definition) is 1. The van der Waals surface area contributed by atoms with Crippen molar-refractivity contribution in [3.05, 3.63) is 52.1 Å². The molecule has 3 aromatic rings. The topological polar surface area (TPSA) is 42.1 Å². The van der Waals surface area contributed by atoms with Crippen LogP contribution in [0.5, 0.6) is 0 Å². The Balaban J connectivity index is 2.56. The molecule has 2 aromatic heterocycles. The zero-order chi connectivity index (χ0) is 12.0. The second-order valence-corrected chi connectivity index (χ2v) is 3.96. The molecule has 0 spiro atoms. The molecular weight excluding hydrogens is 214 g/mol. The average Bonchev–Trinajstić information content (AvgIpc) is 2.72. The lowest BCUT2D eigenvalue weighted by Crippen LogP contribution is -2.14. The standard InChI is InChI=1S/C13H9N3O/c1-14-8-3-5-11-10(7-8)9-4-6-12(17)16(2)13(9)15-11/h3-7,15H,2H3. The molecule has 3 rings (SSSR count). The van der Waals surface area contributed by atoms with E-state index in [1.165, 1.54) is 0 Å². The Hall–Kier alpha value is -2.54. The van der Waals surface area contributed by atoms with Crippen LogP contribution < -0.4 is 5.56 Å². The minimum Gasteiger partial charge on any atom is -0.341 e. The number of rotatable bonds is 0. The first-order chi connectivity index (χ1) is 8.20. The van der Waals surface area contributed by atoms with Crippen LogP contribution in [-0.2, 0) is 7.05 Å². The molecule has 0 fully saturated rings. The van der Waals surface area contributed by atoms with Crippen molar-refractivity contribution in [2.45, 2.75) is 0 Å². The first-order valence-corrected chi connectivity index (χ1v) is 5.19. The normalized spacial score (nSPS) is 10.8. The number of nitrogens with zero attached hydrogens (tertiary/aromatic N) is 2. The number of pyridine rings is 1. The van der Waals surface area contributed by atoms with Crippen LogP contribution in [0.25, 0.3) is 26.8 Å². The Morgan fingerprint density at radius 1 is 1.24 bits per heavy atom. The number of H-pyrrole nitrogens is 1. The average molecular weight is 223 g/mol. The molecule has 17 heavy (non-hydrogen) atoms. The van der Waals surface area contributed by atoms with Crippen LogP contribution in [0.15, 0.2) is 35.1 Å². The van der Waals surface area contributed by atoms with Gasteiger partial charge in [0, 0.05) is 24.0 Å². The van der Waals surface area contributed by atoms with Crippen LogP contribution in [0.3, 0.4) is 0 Å². The van der Waals surface area contributed by atoms with Crippen molar-refractivity contribution in [2.75, 3.05) is 0 Å². The molecule has 0 aliphatic carbocycles. The van der Waals surface area contributed by atoms with E-state index in [-0.39, 0.29) is 5.56 Å². The first kappa shape index (κ1) is 9.67. The van der Waals surface area contributed by atoms with Gasteiger partial charge in [-0.3, -0.25) is 9.36 Å². The summed E-state index contributed by atoms with van der Waals surface area (Å²) in [6.45, 7) is 7.02. The third-order valence-corrected chi connectivity index (χ3v) is 2.99. The van der Waals surface area contributed by atoms with Crippen molar-refractivity contribution in [3.63, 3.8) is 0 Å². The van der Waals surface area contributed by atoms with Gasteiger partial charge in [0.2, 0.25) is 0 Å². The molecule has 0 aliphatic heterocycles. The van der Waals surface area contributed by atoms with Gasteiger partial charge in [-0.25, -0.2) is 4.85 Å². The summed E-state index contributed by atoms with van der Waals surface area (Å²) in [6.07, 6.45) is 0. The Kier molecular flexibility index (Phi) is 1.83. The fraction of sp³-hybridized carbons (Fsp3) is 0.0769. The number of aromatic amines is 1. The largest absolute Gasteiger partial charge is 0.341 e. The zero-order valence-corrected chi connectivity index (χ0v) is 9.19. The Labute approximate surface area is 96.9 Å². The van der Waals surface area contributed by atoms with Gasteiger partial charge in [0.1, 0.15) is 5.65 Å². The Morgan fingerprint density at radius 2 is 2.06 bits per heavy atom. The van der Waals surface area contributed by atoms with Crippen molar-refractivity contribution in [1.29, 1.82) is 0 Å². The van der Waals surface area contributed by atoms with E-state index in [9.17, 15) is 4.79 Å². The minimum atomic E-state index is -0.0468. The molecule has 1 N–H and O–H groups in total. The lowest BCUT2D eigenvalue weighted by molar-refractivity contribution is 0.894. The van der Waals surface area contributed by atoms with E-state index in [4.69, 9.17) is 6.57 Å². The number of benzene rings is 1. The number of aryl methyl sites for hydroxylation is 1. The van der Waals surface area contributed by atoms with E-state index in [2.05, 4.69) is 9.83 Å². The minimum absolute atomic E-state index is 0.0468. The maximum atomic E-state index is 11.5. The SMILES string of the molecule is [C-]#[N+]c1ccc2[nH]c3c(ccc(=O)n3C)c2c1. The quantitative estimate of drug-likeness (QED) is 0.585. The summed E-state index contributed by atoms with van der Waals surface area (Å²) in [5, 5.41) is 1.94. The summed E-state index contributed by atoms with van der Waals surface area (Å²) in [5.41, 5.74) is 2.28. The zero-order valence-electron chi connectivity index (χ0n) is 9.19. The Bertz CT molecular complexity index is 833. The molecule has 0 saturated heterocycles. The van der Waals surface area contributed by atoms with Gasteiger partial charge in [0.25, 0.3) is 5.56 Å². The maximum Gasteiger partial charge on any atom is 0.251 e. The predicted molar refractivity (Wildman–Crippen MR) is 67.3 cm³/mol. The first-order valence-electron chi connectivity index (χ1n) is 5.19. The summed E-state index contributed by atoms with van der Waals surface area (Å²) in [6, 6.07) is 8.81. The van der Waals surface area contributed by atoms with Gasteiger partial charge in [-0.05, 0) is 23.6 Å². The second-order valence-electron chi connectivity index (χ2n) is 3.96. The van der Waals surface area contributed by atoms with E-state index in [0.717, 1.165) is 21.9 Å². The molecule has 2 heterocycles. The van der Waals surface area contributed by atoms with Gasteiger partial charge in [0.05, 0.1) is 6.57 Å². The molecule has 4 heteroatoms. The van der Waals surface area contributed by atoms with Gasteiger partial charge < -0.3 is 4.98 Å². The summed E-state index contributed by atoms with van der Waals surface area (Å²) in [7, 11) is 1.73. The fourth-order valence-corrected chi connectivity index (χ4v) is 2.07. The van der Waals surface area contributed by atoms with Gasteiger partial charge in [0.15, 0.2) is 5.69 Å². The van der Waals surface area contributed by atoms with Crippen LogP contribution >= 0.6 is 0 Å². The van der Waals surface area contributed by atoms with Crippen molar-refractivity contribution in [1.82, 2.24) is 9.55 Å². The molecule has 0 unspecified atom stereocenters. The molecule has 0 aliphatic rings. The summed E-state index contributed by atoms with van der Waals surface area (Å²) < 4.78 is 1.58. The molecule has 0 bridgehead atoms. The number of hydrogen-bond acceptors (Lipinski definition) is 1. The third kappa shape index (κ3) is 1.26. The molecular formula is C13H9N3O. The molecule has 4 nitrogen and oxygen atoms in total. The third-order valence-electron chi connectivity index (χ3n) is 2.99. The highest BCUT2D eigenvalue weighted by atomic mass is 16.1. The molecule has 0 saturated carbocycles. The molecule has 0 radical (unpaired) electrons. The highest BCUT2D eigenvalue weighted by molar-refractivity contribution is 6.07. The number of fused-ring (bicyclic) bond motifs is 3. The highest BCUT2D eigenvalue weighted by Crippen LogP contribution is 2.27. The van der Waals surface area contributed by atoms with E-state index in [1.54, 1.807) is 29.8 Å². The van der Waals surface area contributed by atoms with Crippen molar-refractivity contribution >= 4 is 27.6 Å². The molecule has 82 valence electrons. The second kappa shape index (κ2) is 3.22. The van der Waals surface area contributed by atoms with Crippen LogP contribution in [-0.4, -0.2) is 9.55 Å². The van der Waals surface area contributed by atoms with Crippen molar-refractivity contribution < 1.29 is 0 Å². The monoisotopic (exact) mass is 223 g/mol. The predicted octanol–water partition coefficient (Wildman–Crippen LogP) is 2.57. The van der Waals surface area contributed by atoms with Crippen LogP contribution in [0.1, 0.15) is 0 Å². The van der Waals surface area contributed by atoms with Crippen LogP contribution in [0, 0.1) is 6.57 Å². The van der Waals surface area contributed by atoms with Gasteiger partial charge >= 0.3 is 0 Å². The van der Waals surface area contributed by atoms with Gasteiger partial charge in [-0.15, -0.1) is 0 Å².